The van der Waals surface area contributed by atoms with Crippen molar-refractivity contribution < 1.29 is 9.59 Å². The standard InChI is InChI=1S/C22H26Cl2N4O2/c1-2-16-6-3-4-9-19(16)25-20(29)14-27-10-12-28(13-11-27)15-21(30)26-22-17(23)7-5-8-18(22)24/h3-9H,2,10-15H2,1H3,(H,25,29)(H,26,30). The summed E-state index contributed by atoms with van der Waals surface area (Å²) in [5.74, 6) is -0.178. The minimum Gasteiger partial charge on any atom is -0.325 e. The van der Waals surface area contributed by atoms with Crippen LogP contribution in [0.3, 0.4) is 0 Å². The summed E-state index contributed by atoms with van der Waals surface area (Å²) < 4.78 is 0. The maximum Gasteiger partial charge on any atom is 0.238 e. The molecule has 1 saturated heterocycles. The van der Waals surface area contributed by atoms with Crippen molar-refractivity contribution in [2.75, 3.05) is 49.9 Å². The van der Waals surface area contributed by atoms with Gasteiger partial charge >= 0.3 is 0 Å². The van der Waals surface area contributed by atoms with Crippen LogP contribution in [0.1, 0.15) is 12.5 Å². The quantitative estimate of drug-likeness (QED) is 0.676. The number of rotatable bonds is 7. The molecule has 2 amide bonds. The van der Waals surface area contributed by atoms with Gasteiger partial charge < -0.3 is 10.6 Å². The molecule has 0 unspecified atom stereocenters. The van der Waals surface area contributed by atoms with Crippen LogP contribution in [-0.4, -0.2) is 60.9 Å². The second kappa shape index (κ2) is 10.8. The Morgan fingerprint density at radius 3 is 1.93 bits per heavy atom. The zero-order valence-corrected chi connectivity index (χ0v) is 18.5. The molecule has 2 aromatic rings. The first-order chi connectivity index (χ1) is 14.5. The van der Waals surface area contributed by atoms with Gasteiger partial charge in [0.05, 0.1) is 28.8 Å². The molecule has 0 aliphatic carbocycles. The molecule has 0 aromatic heterocycles. The number of carbonyl (C=O) groups is 2. The van der Waals surface area contributed by atoms with E-state index < -0.39 is 0 Å². The van der Waals surface area contributed by atoms with Crippen molar-refractivity contribution in [1.29, 1.82) is 0 Å². The van der Waals surface area contributed by atoms with Crippen LogP contribution in [0, 0.1) is 0 Å². The molecular formula is C22H26Cl2N4O2. The van der Waals surface area contributed by atoms with Crippen LogP contribution < -0.4 is 10.6 Å². The summed E-state index contributed by atoms with van der Waals surface area (Å²) in [6.45, 7) is 5.54. The Labute approximate surface area is 187 Å². The Morgan fingerprint density at radius 2 is 1.37 bits per heavy atom. The number of piperazine rings is 1. The van der Waals surface area contributed by atoms with Gasteiger partial charge in [0.2, 0.25) is 11.8 Å². The Balaban J connectivity index is 1.43. The molecule has 6 nitrogen and oxygen atoms in total. The number of hydrogen-bond donors (Lipinski definition) is 2. The van der Waals surface area contributed by atoms with E-state index in [0.29, 0.717) is 35.4 Å². The van der Waals surface area contributed by atoms with E-state index in [0.717, 1.165) is 30.8 Å². The van der Waals surface area contributed by atoms with Gasteiger partial charge in [0.25, 0.3) is 0 Å². The van der Waals surface area contributed by atoms with Crippen molar-refractivity contribution in [3.63, 3.8) is 0 Å². The monoisotopic (exact) mass is 448 g/mol. The average Bonchev–Trinajstić information content (AvgIpc) is 2.72. The Bertz CT molecular complexity index is 878. The highest BCUT2D eigenvalue weighted by atomic mass is 35.5. The van der Waals surface area contributed by atoms with Crippen molar-refractivity contribution in [3.05, 3.63) is 58.1 Å². The summed E-state index contributed by atoms with van der Waals surface area (Å²) in [5.41, 5.74) is 2.44. The van der Waals surface area contributed by atoms with E-state index in [4.69, 9.17) is 23.2 Å². The van der Waals surface area contributed by atoms with Gasteiger partial charge in [-0.3, -0.25) is 19.4 Å². The summed E-state index contributed by atoms with van der Waals surface area (Å²) in [4.78, 5) is 28.9. The third-order valence-electron chi connectivity index (χ3n) is 5.10. The van der Waals surface area contributed by atoms with Crippen LogP contribution >= 0.6 is 23.2 Å². The molecule has 0 bridgehead atoms. The lowest BCUT2D eigenvalue weighted by atomic mass is 10.1. The third kappa shape index (κ3) is 6.19. The molecule has 1 fully saturated rings. The zero-order chi connectivity index (χ0) is 21.5. The number of benzene rings is 2. The lowest BCUT2D eigenvalue weighted by molar-refractivity contribution is -0.120. The number of aryl methyl sites for hydroxylation is 1. The maximum atomic E-state index is 12.4. The molecule has 0 spiro atoms. The van der Waals surface area contributed by atoms with Crippen LogP contribution in [-0.2, 0) is 16.0 Å². The minimum absolute atomic E-state index is 0.0181. The van der Waals surface area contributed by atoms with E-state index in [-0.39, 0.29) is 18.4 Å². The minimum atomic E-state index is -0.160. The Kier molecular flexibility index (Phi) is 8.10. The predicted octanol–water partition coefficient (Wildman–Crippen LogP) is 3.75. The molecule has 8 heteroatoms. The van der Waals surface area contributed by atoms with E-state index in [1.54, 1.807) is 18.2 Å². The summed E-state index contributed by atoms with van der Waals surface area (Å²) in [6, 6.07) is 13.0. The molecule has 2 aromatic carbocycles. The number of anilines is 2. The van der Waals surface area contributed by atoms with E-state index >= 15 is 0 Å². The molecule has 1 heterocycles. The largest absolute Gasteiger partial charge is 0.325 e. The fourth-order valence-corrected chi connectivity index (χ4v) is 3.94. The molecule has 0 atom stereocenters. The molecule has 2 N–H and O–H groups in total. The van der Waals surface area contributed by atoms with Gasteiger partial charge in [0.1, 0.15) is 0 Å². The van der Waals surface area contributed by atoms with Crippen LogP contribution in [0.15, 0.2) is 42.5 Å². The number of amides is 2. The highest BCUT2D eigenvalue weighted by Gasteiger charge is 2.21. The van der Waals surface area contributed by atoms with Gasteiger partial charge in [-0.15, -0.1) is 0 Å². The van der Waals surface area contributed by atoms with Crippen molar-refractivity contribution in [3.8, 4) is 0 Å². The summed E-state index contributed by atoms with van der Waals surface area (Å²) in [6.07, 6.45) is 0.872. The molecule has 1 aliphatic rings. The predicted molar refractivity (Wildman–Crippen MR) is 122 cm³/mol. The van der Waals surface area contributed by atoms with Crippen LogP contribution in [0.25, 0.3) is 0 Å². The number of halogens is 2. The summed E-state index contributed by atoms with van der Waals surface area (Å²) >= 11 is 12.2. The van der Waals surface area contributed by atoms with Gasteiger partial charge in [-0.1, -0.05) is 54.4 Å². The number of hydrogen-bond acceptors (Lipinski definition) is 4. The maximum absolute atomic E-state index is 12.4. The van der Waals surface area contributed by atoms with Crippen LogP contribution in [0.2, 0.25) is 10.0 Å². The molecule has 0 saturated carbocycles. The van der Waals surface area contributed by atoms with E-state index in [2.05, 4.69) is 27.4 Å². The van der Waals surface area contributed by atoms with Gasteiger partial charge in [-0.2, -0.15) is 0 Å². The van der Waals surface area contributed by atoms with Gasteiger partial charge in [-0.05, 0) is 30.2 Å². The molecule has 160 valence electrons. The first kappa shape index (κ1) is 22.6. The molecule has 30 heavy (non-hydrogen) atoms. The Hall–Kier alpha value is -2.12. The van der Waals surface area contributed by atoms with E-state index in [9.17, 15) is 9.59 Å². The van der Waals surface area contributed by atoms with Gasteiger partial charge in [-0.25, -0.2) is 0 Å². The fourth-order valence-electron chi connectivity index (χ4n) is 3.45. The summed E-state index contributed by atoms with van der Waals surface area (Å²) in [5, 5.41) is 6.62. The van der Waals surface area contributed by atoms with E-state index in [1.165, 1.54) is 0 Å². The number of nitrogens with zero attached hydrogens (tertiary/aromatic N) is 2. The topological polar surface area (TPSA) is 64.7 Å². The Morgan fingerprint density at radius 1 is 0.833 bits per heavy atom. The molecular weight excluding hydrogens is 423 g/mol. The number of para-hydroxylation sites is 2. The smallest absolute Gasteiger partial charge is 0.238 e. The van der Waals surface area contributed by atoms with Crippen molar-refractivity contribution >= 4 is 46.4 Å². The van der Waals surface area contributed by atoms with Crippen LogP contribution in [0.4, 0.5) is 11.4 Å². The summed E-state index contributed by atoms with van der Waals surface area (Å²) in [7, 11) is 0. The highest BCUT2D eigenvalue weighted by molar-refractivity contribution is 6.39. The van der Waals surface area contributed by atoms with Crippen LogP contribution in [0.5, 0.6) is 0 Å². The number of nitrogens with one attached hydrogen (secondary N) is 2. The normalized spacial score (nSPS) is 15.0. The lowest BCUT2D eigenvalue weighted by Gasteiger charge is -2.33. The first-order valence-corrected chi connectivity index (χ1v) is 10.8. The lowest BCUT2D eigenvalue weighted by Crippen LogP contribution is -2.50. The second-order valence-electron chi connectivity index (χ2n) is 7.26. The van der Waals surface area contributed by atoms with Crippen molar-refractivity contribution in [1.82, 2.24) is 9.80 Å². The zero-order valence-electron chi connectivity index (χ0n) is 17.0. The highest BCUT2D eigenvalue weighted by Crippen LogP contribution is 2.29. The molecule has 3 rings (SSSR count). The first-order valence-electron chi connectivity index (χ1n) is 10.0. The number of carbonyl (C=O) groups excluding carboxylic acids is 2. The molecule has 1 aliphatic heterocycles. The van der Waals surface area contributed by atoms with Gasteiger partial charge in [0, 0.05) is 31.9 Å². The second-order valence-corrected chi connectivity index (χ2v) is 8.07. The van der Waals surface area contributed by atoms with Crippen molar-refractivity contribution in [2.24, 2.45) is 0 Å². The van der Waals surface area contributed by atoms with Gasteiger partial charge in [0.15, 0.2) is 0 Å². The average molecular weight is 449 g/mol. The van der Waals surface area contributed by atoms with Crippen molar-refractivity contribution in [2.45, 2.75) is 13.3 Å². The van der Waals surface area contributed by atoms with E-state index in [1.807, 2.05) is 24.3 Å². The fraction of sp³-hybridized carbons (Fsp3) is 0.364. The third-order valence-corrected chi connectivity index (χ3v) is 5.73. The molecule has 0 radical (unpaired) electrons. The SMILES string of the molecule is CCc1ccccc1NC(=O)CN1CCN(CC(=O)Nc2c(Cl)cccc2Cl)CC1.